The van der Waals surface area contributed by atoms with E-state index in [0.717, 1.165) is 16.5 Å². The van der Waals surface area contributed by atoms with E-state index >= 15 is 0 Å². The first-order chi connectivity index (χ1) is 8.59. The summed E-state index contributed by atoms with van der Waals surface area (Å²) in [6, 6.07) is 7.43. The molecule has 0 aromatic heterocycles. The van der Waals surface area contributed by atoms with Crippen molar-refractivity contribution in [3.8, 4) is 6.07 Å². The minimum atomic E-state index is -0.923. The van der Waals surface area contributed by atoms with Crippen LogP contribution in [0, 0.1) is 16.7 Å². The summed E-state index contributed by atoms with van der Waals surface area (Å²) < 4.78 is 6.01. The molecule has 0 N–H and O–H groups in total. The number of hydrogen-bond acceptors (Lipinski definition) is 3. The van der Waals surface area contributed by atoms with Gasteiger partial charge in [-0.15, -0.1) is 0 Å². The highest BCUT2D eigenvalue weighted by Crippen LogP contribution is 2.41. The van der Waals surface area contributed by atoms with E-state index in [1.165, 1.54) is 0 Å². The normalized spacial score (nSPS) is 16.5. The number of hydrogen-bond donors (Lipinski definition) is 0. The van der Waals surface area contributed by atoms with Gasteiger partial charge in [0.2, 0.25) is 0 Å². The fourth-order valence-electron chi connectivity index (χ4n) is 1.84. The predicted octanol–water partition coefficient (Wildman–Crippen LogP) is 3.84. The van der Waals surface area contributed by atoms with Crippen LogP contribution in [-0.4, -0.2) is 5.97 Å². The van der Waals surface area contributed by atoms with Gasteiger partial charge in [-0.2, -0.15) is 5.26 Å². The molecule has 3 nitrogen and oxygen atoms in total. The van der Waals surface area contributed by atoms with Crippen LogP contribution in [0.1, 0.15) is 24.8 Å². The molecule has 0 radical (unpaired) electrons. The molecule has 1 aliphatic carbocycles. The highest BCUT2D eigenvalue weighted by Gasteiger charge is 2.46. The Bertz CT molecular complexity index is 500. The molecule has 0 spiro atoms. The first-order valence-electron chi connectivity index (χ1n) is 5.60. The number of carbonyl (C=O) groups excluding carboxylic acids is 1. The van der Waals surface area contributed by atoms with E-state index in [9.17, 15) is 4.79 Å². The van der Waals surface area contributed by atoms with Crippen molar-refractivity contribution in [3.63, 3.8) is 0 Å². The Morgan fingerprint density at radius 1 is 1.56 bits per heavy atom. The molecule has 0 amide bonds. The molecule has 1 aliphatic rings. The maximum Gasteiger partial charge on any atom is 0.326 e. The zero-order valence-electron chi connectivity index (χ0n) is 9.58. The maximum absolute atomic E-state index is 11.9. The molecular weight excluding hydrogens is 318 g/mol. The van der Waals surface area contributed by atoms with Gasteiger partial charge in [0.15, 0.2) is 5.41 Å². The standard InChI is InChI=1S/C13H11BrClNO2/c14-10-3-1-4-11(15)9(10)7-18-12(17)13(8-16)5-2-6-13/h1,3-4H,2,5-7H2. The topological polar surface area (TPSA) is 50.1 Å². The molecule has 1 fully saturated rings. The van der Waals surface area contributed by atoms with Crippen molar-refractivity contribution in [3.05, 3.63) is 33.3 Å². The number of esters is 1. The molecule has 94 valence electrons. The lowest BCUT2D eigenvalue weighted by atomic mass is 9.70. The van der Waals surface area contributed by atoms with Gasteiger partial charge in [0.25, 0.3) is 0 Å². The average Bonchev–Trinajstić information content (AvgIpc) is 2.27. The Morgan fingerprint density at radius 3 is 2.78 bits per heavy atom. The summed E-state index contributed by atoms with van der Waals surface area (Å²) in [6.07, 6.45) is 2.08. The molecule has 5 heteroatoms. The van der Waals surface area contributed by atoms with Gasteiger partial charge >= 0.3 is 5.97 Å². The summed E-state index contributed by atoms with van der Waals surface area (Å²) in [5, 5.41) is 9.57. The second-order valence-corrected chi connectivity index (χ2v) is 5.59. The lowest BCUT2D eigenvalue weighted by molar-refractivity contribution is -0.158. The van der Waals surface area contributed by atoms with Crippen LogP contribution in [0.5, 0.6) is 0 Å². The van der Waals surface area contributed by atoms with Gasteiger partial charge in [-0.25, -0.2) is 0 Å². The van der Waals surface area contributed by atoms with Crippen LogP contribution in [0.2, 0.25) is 5.02 Å². The molecule has 0 bridgehead atoms. The Labute approximate surface area is 119 Å². The summed E-state index contributed by atoms with van der Waals surface area (Å²) in [5.41, 5.74) is -0.201. The third kappa shape index (κ3) is 2.38. The van der Waals surface area contributed by atoms with Crippen LogP contribution in [0.4, 0.5) is 0 Å². The minimum absolute atomic E-state index is 0.0858. The van der Waals surface area contributed by atoms with E-state index in [2.05, 4.69) is 22.0 Å². The Hall–Kier alpha value is -1.05. The number of nitrogens with zero attached hydrogens (tertiary/aromatic N) is 1. The number of benzene rings is 1. The maximum atomic E-state index is 11.9. The van der Waals surface area contributed by atoms with Gasteiger partial charge in [-0.05, 0) is 31.4 Å². The van der Waals surface area contributed by atoms with Crippen molar-refractivity contribution in [2.75, 3.05) is 0 Å². The number of ether oxygens (including phenoxy) is 1. The molecule has 0 aliphatic heterocycles. The SMILES string of the molecule is N#CC1(C(=O)OCc2c(Cl)cccc2Br)CCC1. The third-order valence-corrected chi connectivity index (χ3v) is 4.32. The van der Waals surface area contributed by atoms with Crippen molar-refractivity contribution in [1.82, 2.24) is 0 Å². The van der Waals surface area contributed by atoms with E-state index in [1.807, 2.05) is 6.07 Å². The molecule has 18 heavy (non-hydrogen) atoms. The van der Waals surface area contributed by atoms with Crippen molar-refractivity contribution < 1.29 is 9.53 Å². The molecule has 2 rings (SSSR count). The number of rotatable bonds is 3. The fraction of sp³-hybridized carbons (Fsp3) is 0.385. The Morgan fingerprint density at radius 2 is 2.28 bits per heavy atom. The quantitative estimate of drug-likeness (QED) is 0.792. The van der Waals surface area contributed by atoms with Gasteiger partial charge in [0.05, 0.1) is 6.07 Å². The van der Waals surface area contributed by atoms with Crippen molar-refractivity contribution >= 4 is 33.5 Å². The number of carbonyl (C=O) groups is 1. The van der Waals surface area contributed by atoms with Crippen LogP contribution in [0.3, 0.4) is 0 Å². The lowest BCUT2D eigenvalue weighted by Gasteiger charge is -2.32. The van der Waals surface area contributed by atoms with Gasteiger partial charge in [-0.3, -0.25) is 4.79 Å². The summed E-state index contributed by atoms with van der Waals surface area (Å²) in [7, 11) is 0. The van der Waals surface area contributed by atoms with E-state index in [4.69, 9.17) is 21.6 Å². The van der Waals surface area contributed by atoms with Crippen molar-refractivity contribution in [1.29, 1.82) is 5.26 Å². The summed E-state index contributed by atoms with van der Waals surface area (Å²) >= 11 is 9.38. The predicted molar refractivity (Wildman–Crippen MR) is 70.8 cm³/mol. The summed E-state index contributed by atoms with van der Waals surface area (Å²) in [6.45, 7) is 0.0858. The van der Waals surface area contributed by atoms with E-state index in [-0.39, 0.29) is 6.61 Å². The van der Waals surface area contributed by atoms with Crippen LogP contribution < -0.4 is 0 Å². The molecule has 0 atom stereocenters. The first kappa shape index (κ1) is 13.4. The van der Waals surface area contributed by atoms with Gasteiger partial charge in [-0.1, -0.05) is 33.6 Å². The van der Waals surface area contributed by atoms with Crippen molar-refractivity contribution in [2.45, 2.75) is 25.9 Å². The Kier molecular flexibility index (Phi) is 3.94. The van der Waals surface area contributed by atoms with E-state index < -0.39 is 11.4 Å². The zero-order valence-corrected chi connectivity index (χ0v) is 11.9. The van der Waals surface area contributed by atoms with Crippen molar-refractivity contribution in [2.24, 2.45) is 5.41 Å². The molecular formula is C13H11BrClNO2. The molecule has 0 saturated heterocycles. The lowest BCUT2D eigenvalue weighted by Crippen LogP contribution is -2.37. The minimum Gasteiger partial charge on any atom is -0.460 e. The monoisotopic (exact) mass is 327 g/mol. The van der Waals surface area contributed by atoms with Crippen LogP contribution in [0.25, 0.3) is 0 Å². The molecule has 1 saturated carbocycles. The highest BCUT2D eigenvalue weighted by atomic mass is 79.9. The second-order valence-electron chi connectivity index (χ2n) is 4.32. The molecule has 1 aromatic carbocycles. The smallest absolute Gasteiger partial charge is 0.326 e. The summed E-state index contributed by atoms with van der Waals surface area (Å²) in [4.78, 5) is 11.9. The fourth-order valence-corrected chi connectivity index (χ4v) is 2.66. The molecule has 1 aromatic rings. The zero-order chi connectivity index (χ0) is 13.2. The first-order valence-corrected chi connectivity index (χ1v) is 6.77. The van der Waals surface area contributed by atoms with Gasteiger partial charge < -0.3 is 4.74 Å². The van der Waals surface area contributed by atoms with Crippen LogP contribution in [-0.2, 0) is 16.1 Å². The molecule has 0 heterocycles. The third-order valence-electron chi connectivity index (χ3n) is 3.22. The van der Waals surface area contributed by atoms with E-state index in [1.54, 1.807) is 12.1 Å². The van der Waals surface area contributed by atoms with Gasteiger partial charge in [0.1, 0.15) is 6.61 Å². The molecule has 0 unspecified atom stereocenters. The Balaban J connectivity index is 2.04. The largest absolute Gasteiger partial charge is 0.460 e. The van der Waals surface area contributed by atoms with Gasteiger partial charge in [0, 0.05) is 15.1 Å². The van der Waals surface area contributed by atoms with Crippen LogP contribution in [0.15, 0.2) is 22.7 Å². The van der Waals surface area contributed by atoms with Crippen LogP contribution >= 0.6 is 27.5 Å². The van der Waals surface area contributed by atoms with E-state index in [0.29, 0.717) is 17.9 Å². The average molecular weight is 329 g/mol. The summed E-state index contributed by atoms with van der Waals surface area (Å²) in [5.74, 6) is -0.442. The second kappa shape index (κ2) is 5.29. The number of halogens is 2. The highest BCUT2D eigenvalue weighted by molar-refractivity contribution is 9.10. The number of nitriles is 1.